The molecule has 1 aromatic heterocycles. The van der Waals surface area contributed by atoms with E-state index in [1.54, 1.807) is 0 Å². The van der Waals surface area contributed by atoms with Gasteiger partial charge in [0.2, 0.25) is 0 Å². The first kappa shape index (κ1) is 13.9. The van der Waals surface area contributed by atoms with Gasteiger partial charge in [0.1, 0.15) is 0 Å². The molecule has 1 aliphatic rings. The minimum Gasteiger partial charge on any atom is -0.381 e. The number of anilines is 2. The maximum Gasteiger partial charge on any atom is 0.0642 e. The number of aryl methyl sites for hydroxylation is 1. The fraction of sp³-hybridized carbons (Fsp3) is 0.353. The number of morpholine rings is 1. The molecule has 1 aromatic carbocycles. The van der Waals surface area contributed by atoms with Crippen molar-refractivity contribution in [3.05, 3.63) is 53.9 Å². The number of hydrogen-bond donors (Lipinski definition) is 1. The summed E-state index contributed by atoms with van der Waals surface area (Å²) in [5.74, 6) is 0. The monoisotopic (exact) mass is 283 g/mol. The van der Waals surface area contributed by atoms with Gasteiger partial charge in [0.05, 0.1) is 13.2 Å². The summed E-state index contributed by atoms with van der Waals surface area (Å²) in [5.41, 5.74) is 4.90. The van der Waals surface area contributed by atoms with Crippen molar-refractivity contribution in [1.82, 2.24) is 4.98 Å². The van der Waals surface area contributed by atoms with Gasteiger partial charge in [-0.2, -0.15) is 0 Å². The Morgan fingerprint density at radius 1 is 1.14 bits per heavy atom. The van der Waals surface area contributed by atoms with Crippen LogP contribution in [0.1, 0.15) is 11.1 Å². The van der Waals surface area contributed by atoms with Crippen LogP contribution < -0.4 is 10.2 Å². The zero-order valence-corrected chi connectivity index (χ0v) is 12.4. The maximum atomic E-state index is 5.38. The Labute approximate surface area is 125 Å². The van der Waals surface area contributed by atoms with Crippen LogP contribution in [0, 0.1) is 6.92 Å². The van der Waals surface area contributed by atoms with Crippen LogP contribution in [0.2, 0.25) is 0 Å². The Kier molecular flexibility index (Phi) is 4.36. The van der Waals surface area contributed by atoms with Crippen molar-refractivity contribution in [3.63, 3.8) is 0 Å². The van der Waals surface area contributed by atoms with Crippen molar-refractivity contribution in [1.29, 1.82) is 0 Å². The van der Waals surface area contributed by atoms with Crippen LogP contribution in [-0.4, -0.2) is 31.3 Å². The predicted octanol–water partition coefficient (Wildman–Crippen LogP) is 2.84. The van der Waals surface area contributed by atoms with E-state index in [0.717, 1.165) is 38.5 Å². The Balaban J connectivity index is 1.60. The number of ether oxygens (including phenoxy) is 1. The molecule has 1 N–H and O–H groups in total. The average Bonchev–Trinajstić information content (AvgIpc) is 2.55. The fourth-order valence-electron chi connectivity index (χ4n) is 2.49. The molecule has 0 unspecified atom stereocenters. The summed E-state index contributed by atoms with van der Waals surface area (Å²) in [5, 5.41) is 3.45. The van der Waals surface area contributed by atoms with E-state index in [0.29, 0.717) is 0 Å². The Hall–Kier alpha value is -2.07. The molecule has 0 atom stereocenters. The van der Waals surface area contributed by atoms with Crippen molar-refractivity contribution in [2.45, 2.75) is 13.5 Å². The number of aromatic nitrogens is 1. The van der Waals surface area contributed by atoms with Crippen molar-refractivity contribution >= 4 is 11.4 Å². The van der Waals surface area contributed by atoms with Crippen LogP contribution in [-0.2, 0) is 11.3 Å². The molecule has 0 saturated carbocycles. The molecule has 0 amide bonds. The summed E-state index contributed by atoms with van der Waals surface area (Å²) in [4.78, 5) is 6.53. The highest BCUT2D eigenvalue weighted by Crippen LogP contribution is 2.19. The molecule has 1 aliphatic heterocycles. The van der Waals surface area contributed by atoms with E-state index in [9.17, 15) is 0 Å². The molecular weight excluding hydrogens is 262 g/mol. The molecule has 3 rings (SSSR count). The Morgan fingerprint density at radius 3 is 2.62 bits per heavy atom. The van der Waals surface area contributed by atoms with Crippen LogP contribution in [0.5, 0.6) is 0 Å². The van der Waals surface area contributed by atoms with Gasteiger partial charge in [0.25, 0.3) is 0 Å². The first-order valence-corrected chi connectivity index (χ1v) is 7.39. The standard InChI is InChI=1S/C17H21N3O/c1-14-6-7-18-12-15(14)13-19-16-2-4-17(5-3-16)20-8-10-21-11-9-20/h2-7,12,19H,8-11,13H2,1H3. The summed E-state index contributed by atoms with van der Waals surface area (Å²) in [6.07, 6.45) is 3.75. The molecule has 0 spiro atoms. The van der Waals surface area contributed by atoms with Crippen molar-refractivity contribution in [2.24, 2.45) is 0 Å². The molecule has 1 saturated heterocycles. The van der Waals surface area contributed by atoms with E-state index in [1.807, 2.05) is 18.5 Å². The van der Waals surface area contributed by atoms with Gasteiger partial charge in [0, 0.05) is 43.4 Å². The number of nitrogens with one attached hydrogen (secondary N) is 1. The van der Waals surface area contributed by atoms with Gasteiger partial charge in [-0.15, -0.1) is 0 Å². The lowest BCUT2D eigenvalue weighted by molar-refractivity contribution is 0.122. The maximum absolute atomic E-state index is 5.38. The number of hydrogen-bond acceptors (Lipinski definition) is 4. The predicted molar refractivity (Wildman–Crippen MR) is 85.8 cm³/mol. The second-order valence-electron chi connectivity index (χ2n) is 5.30. The van der Waals surface area contributed by atoms with E-state index in [1.165, 1.54) is 16.8 Å². The number of nitrogens with zero attached hydrogens (tertiary/aromatic N) is 2. The summed E-state index contributed by atoms with van der Waals surface area (Å²) in [6, 6.07) is 10.7. The highest BCUT2D eigenvalue weighted by molar-refractivity contribution is 5.55. The average molecular weight is 283 g/mol. The van der Waals surface area contributed by atoms with Crippen molar-refractivity contribution in [2.75, 3.05) is 36.5 Å². The van der Waals surface area contributed by atoms with Crippen LogP contribution in [0.4, 0.5) is 11.4 Å². The van der Waals surface area contributed by atoms with Crippen LogP contribution in [0.3, 0.4) is 0 Å². The molecule has 2 aromatic rings. The van der Waals surface area contributed by atoms with E-state index in [4.69, 9.17) is 4.74 Å². The third-order valence-electron chi connectivity index (χ3n) is 3.87. The highest BCUT2D eigenvalue weighted by Gasteiger charge is 2.10. The van der Waals surface area contributed by atoms with E-state index < -0.39 is 0 Å². The zero-order valence-electron chi connectivity index (χ0n) is 12.4. The largest absolute Gasteiger partial charge is 0.381 e. The van der Waals surface area contributed by atoms with E-state index >= 15 is 0 Å². The number of pyridine rings is 1. The molecule has 0 bridgehead atoms. The van der Waals surface area contributed by atoms with Crippen LogP contribution >= 0.6 is 0 Å². The third-order valence-corrected chi connectivity index (χ3v) is 3.87. The smallest absolute Gasteiger partial charge is 0.0642 e. The molecule has 2 heterocycles. The minimum atomic E-state index is 0.802. The lowest BCUT2D eigenvalue weighted by Gasteiger charge is -2.29. The van der Waals surface area contributed by atoms with Gasteiger partial charge >= 0.3 is 0 Å². The van der Waals surface area contributed by atoms with Crippen molar-refractivity contribution < 1.29 is 4.74 Å². The van der Waals surface area contributed by atoms with Gasteiger partial charge in [-0.1, -0.05) is 0 Å². The van der Waals surface area contributed by atoms with Crippen LogP contribution in [0.25, 0.3) is 0 Å². The Morgan fingerprint density at radius 2 is 1.90 bits per heavy atom. The summed E-state index contributed by atoms with van der Waals surface area (Å²) >= 11 is 0. The van der Waals surface area contributed by atoms with E-state index in [2.05, 4.69) is 46.4 Å². The first-order valence-electron chi connectivity index (χ1n) is 7.39. The first-order chi connectivity index (χ1) is 10.3. The fourth-order valence-corrected chi connectivity index (χ4v) is 2.49. The summed E-state index contributed by atoms with van der Waals surface area (Å²) < 4.78 is 5.38. The minimum absolute atomic E-state index is 0.802. The lowest BCUT2D eigenvalue weighted by atomic mass is 10.1. The van der Waals surface area contributed by atoms with Gasteiger partial charge < -0.3 is 15.0 Å². The quantitative estimate of drug-likeness (QED) is 0.936. The molecule has 1 fully saturated rings. The molecule has 0 aliphatic carbocycles. The number of rotatable bonds is 4. The zero-order chi connectivity index (χ0) is 14.5. The van der Waals surface area contributed by atoms with Gasteiger partial charge in [-0.05, 0) is 48.4 Å². The molecule has 4 nitrogen and oxygen atoms in total. The SMILES string of the molecule is Cc1ccncc1CNc1ccc(N2CCOCC2)cc1. The summed E-state index contributed by atoms with van der Waals surface area (Å²) in [7, 11) is 0. The topological polar surface area (TPSA) is 37.4 Å². The third kappa shape index (κ3) is 3.52. The Bertz CT molecular complexity index is 577. The van der Waals surface area contributed by atoms with Gasteiger partial charge in [-0.3, -0.25) is 4.98 Å². The molecule has 21 heavy (non-hydrogen) atoms. The normalized spacial score (nSPS) is 15.0. The number of benzene rings is 1. The van der Waals surface area contributed by atoms with E-state index in [-0.39, 0.29) is 0 Å². The van der Waals surface area contributed by atoms with Gasteiger partial charge in [-0.25, -0.2) is 0 Å². The van der Waals surface area contributed by atoms with Crippen LogP contribution in [0.15, 0.2) is 42.7 Å². The molecule has 0 radical (unpaired) electrons. The van der Waals surface area contributed by atoms with Crippen molar-refractivity contribution in [3.8, 4) is 0 Å². The second kappa shape index (κ2) is 6.59. The highest BCUT2D eigenvalue weighted by atomic mass is 16.5. The molecular formula is C17H21N3O. The second-order valence-corrected chi connectivity index (χ2v) is 5.30. The lowest BCUT2D eigenvalue weighted by Crippen LogP contribution is -2.36. The van der Waals surface area contributed by atoms with Gasteiger partial charge in [0.15, 0.2) is 0 Å². The summed E-state index contributed by atoms with van der Waals surface area (Å²) in [6.45, 7) is 6.50. The molecule has 110 valence electrons. The molecule has 4 heteroatoms.